The smallest absolute Gasteiger partial charge is 0.360 e. The van der Waals surface area contributed by atoms with Crippen LogP contribution in [0.5, 0.6) is 0 Å². The Morgan fingerprint density at radius 1 is 1.33 bits per heavy atom. The van der Waals surface area contributed by atoms with E-state index >= 15 is 0 Å². The fraction of sp³-hybridized carbons (Fsp3) is 0.571. The van der Waals surface area contributed by atoms with Gasteiger partial charge in [-0.3, -0.25) is 0 Å². The van der Waals surface area contributed by atoms with Crippen LogP contribution in [-0.4, -0.2) is 32.7 Å². The summed E-state index contributed by atoms with van der Waals surface area (Å²) < 4.78 is 12.0. The van der Waals surface area contributed by atoms with Crippen LogP contribution in [0.4, 0.5) is 0 Å². The maximum atomic E-state index is 12.0. The normalized spacial score (nSPS) is 11.1. The van der Waals surface area contributed by atoms with Crippen LogP contribution >= 0.6 is 0 Å². The first-order valence-electron chi connectivity index (χ1n) is 6.89. The third kappa shape index (κ3) is 3.29. The predicted molar refractivity (Wildman–Crippen MR) is 75.0 cm³/mol. The average molecular weight is 292 g/mol. The molecular weight excluding hydrogens is 272 g/mol. The van der Waals surface area contributed by atoms with Crippen molar-refractivity contribution in [3.63, 3.8) is 0 Å². The van der Waals surface area contributed by atoms with Gasteiger partial charge in [0.15, 0.2) is 5.69 Å². The highest BCUT2D eigenvalue weighted by Gasteiger charge is 2.20. The van der Waals surface area contributed by atoms with Gasteiger partial charge < -0.3 is 9.26 Å². The third-order valence-electron chi connectivity index (χ3n) is 3.21. The lowest BCUT2D eigenvalue weighted by Crippen LogP contribution is -2.12. The number of aromatic nitrogens is 4. The molecule has 2 aromatic heterocycles. The Balaban J connectivity index is 2.15. The summed E-state index contributed by atoms with van der Waals surface area (Å²) in [5.41, 5.74) is 2.68. The summed E-state index contributed by atoms with van der Waals surface area (Å²) in [5.74, 6) is 0.587. The molecular formula is C14H20N4O3. The fourth-order valence-corrected chi connectivity index (χ4v) is 1.89. The second kappa shape index (κ2) is 6.07. The molecule has 0 amide bonds. The summed E-state index contributed by atoms with van der Waals surface area (Å²) in [4.78, 5) is 12.0. The number of ether oxygens (including phenoxy) is 1. The quantitative estimate of drug-likeness (QED) is 0.784. The number of nitrogens with zero attached hydrogens (tertiary/aromatic N) is 4. The molecule has 2 heterocycles. The molecule has 0 aliphatic heterocycles. The molecule has 0 aromatic carbocycles. The van der Waals surface area contributed by atoms with E-state index < -0.39 is 5.97 Å². The van der Waals surface area contributed by atoms with Crippen molar-refractivity contribution in [3.8, 4) is 0 Å². The molecule has 0 saturated heterocycles. The van der Waals surface area contributed by atoms with E-state index in [4.69, 9.17) is 9.26 Å². The van der Waals surface area contributed by atoms with Crippen molar-refractivity contribution < 1.29 is 14.1 Å². The molecule has 7 nitrogen and oxygen atoms in total. The highest BCUT2D eigenvalue weighted by Crippen LogP contribution is 2.15. The van der Waals surface area contributed by atoms with Crippen LogP contribution in [-0.2, 0) is 11.3 Å². The summed E-state index contributed by atoms with van der Waals surface area (Å²) in [6, 6.07) is 0. The van der Waals surface area contributed by atoms with E-state index in [1.807, 2.05) is 27.7 Å². The third-order valence-corrected chi connectivity index (χ3v) is 3.21. The molecule has 0 saturated carbocycles. The van der Waals surface area contributed by atoms with E-state index in [1.165, 1.54) is 0 Å². The Bertz CT molecular complexity index is 623. The minimum absolute atomic E-state index is 0.252. The van der Waals surface area contributed by atoms with Gasteiger partial charge in [-0.15, -0.1) is 5.10 Å². The number of carbonyl (C=O) groups is 1. The van der Waals surface area contributed by atoms with Crippen molar-refractivity contribution in [2.24, 2.45) is 5.92 Å². The lowest BCUT2D eigenvalue weighted by atomic mass is 10.2. The predicted octanol–water partition coefficient (Wildman–Crippen LogP) is 2.05. The second-order valence-corrected chi connectivity index (χ2v) is 5.48. The maximum absolute atomic E-state index is 12.0. The van der Waals surface area contributed by atoms with Gasteiger partial charge in [0, 0.05) is 5.56 Å². The second-order valence-electron chi connectivity index (χ2n) is 5.48. The zero-order valence-electron chi connectivity index (χ0n) is 13.0. The number of rotatable bonds is 5. The van der Waals surface area contributed by atoms with Gasteiger partial charge in [-0.05, 0) is 26.7 Å². The minimum Gasteiger partial charge on any atom is -0.461 e. The Morgan fingerprint density at radius 3 is 2.62 bits per heavy atom. The Labute approximate surface area is 123 Å². The zero-order valence-corrected chi connectivity index (χ0v) is 13.0. The highest BCUT2D eigenvalue weighted by atomic mass is 16.5. The molecule has 114 valence electrons. The Morgan fingerprint density at radius 2 is 2.05 bits per heavy atom. The van der Waals surface area contributed by atoms with E-state index in [1.54, 1.807) is 11.6 Å². The largest absolute Gasteiger partial charge is 0.461 e. The van der Waals surface area contributed by atoms with E-state index in [0.717, 1.165) is 17.0 Å². The van der Waals surface area contributed by atoms with Crippen LogP contribution in [0.25, 0.3) is 0 Å². The monoisotopic (exact) mass is 292 g/mol. The van der Waals surface area contributed by atoms with Crippen LogP contribution < -0.4 is 0 Å². The lowest BCUT2D eigenvalue weighted by molar-refractivity contribution is 0.0451. The Hall–Kier alpha value is -2.18. The number of hydrogen-bond donors (Lipinski definition) is 0. The molecule has 2 aromatic rings. The molecule has 0 spiro atoms. The van der Waals surface area contributed by atoms with Crippen molar-refractivity contribution in [2.45, 2.75) is 41.2 Å². The van der Waals surface area contributed by atoms with E-state index in [9.17, 15) is 4.79 Å². The molecule has 0 unspecified atom stereocenters. The van der Waals surface area contributed by atoms with Crippen molar-refractivity contribution in [1.29, 1.82) is 0 Å². The first-order chi connectivity index (χ1) is 9.90. The van der Waals surface area contributed by atoms with Crippen LogP contribution in [0, 0.1) is 26.7 Å². The van der Waals surface area contributed by atoms with Crippen LogP contribution in [0.3, 0.4) is 0 Å². The first kappa shape index (κ1) is 15.2. The SMILES string of the molecule is Cc1noc(C)c1Cn1nnc(C(=O)OCC(C)C)c1C. The molecule has 2 rings (SSSR count). The van der Waals surface area contributed by atoms with Gasteiger partial charge in [0.2, 0.25) is 0 Å². The van der Waals surface area contributed by atoms with Crippen LogP contribution in [0.2, 0.25) is 0 Å². The lowest BCUT2D eigenvalue weighted by Gasteiger charge is -2.06. The number of carbonyl (C=O) groups excluding carboxylic acids is 1. The van der Waals surface area contributed by atoms with Gasteiger partial charge >= 0.3 is 5.97 Å². The fourth-order valence-electron chi connectivity index (χ4n) is 1.89. The van der Waals surface area contributed by atoms with E-state index in [2.05, 4.69) is 15.5 Å². The van der Waals surface area contributed by atoms with Gasteiger partial charge in [-0.1, -0.05) is 24.2 Å². The number of hydrogen-bond acceptors (Lipinski definition) is 6. The summed E-state index contributed by atoms with van der Waals surface area (Å²) in [6.07, 6.45) is 0. The minimum atomic E-state index is -0.439. The van der Waals surface area contributed by atoms with Crippen molar-refractivity contribution in [2.75, 3.05) is 6.61 Å². The molecule has 7 heteroatoms. The molecule has 0 aliphatic rings. The Kier molecular flexibility index (Phi) is 4.40. The van der Waals surface area contributed by atoms with Crippen LogP contribution in [0.1, 0.15) is 47.0 Å². The summed E-state index contributed by atoms with van der Waals surface area (Å²) in [6.45, 7) is 10.3. The molecule has 0 bridgehead atoms. The van der Waals surface area contributed by atoms with E-state index in [-0.39, 0.29) is 11.6 Å². The van der Waals surface area contributed by atoms with E-state index in [0.29, 0.717) is 18.8 Å². The average Bonchev–Trinajstić information content (AvgIpc) is 2.94. The molecule has 21 heavy (non-hydrogen) atoms. The van der Waals surface area contributed by atoms with Crippen LogP contribution in [0.15, 0.2) is 4.52 Å². The first-order valence-corrected chi connectivity index (χ1v) is 6.89. The molecule has 0 aliphatic carbocycles. The summed E-state index contributed by atoms with van der Waals surface area (Å²) >= 11 is 0. The molecule has 0 atom stereocenters. The molecule has 0 fully saturated rings. The standard InChI is InChI=1S/C14H20N4O3/c1-8(2)7-20-14(19)13-10(4)18(17-15-13)6-12-9(3)16-21-11(12)5/h8H,6-7H2,1-5H3. The molecule has 0 radical (unpaired) electrons. The van der Waals surface area contributed by atoms with Gasteiger partial charge in [0.1, 0.15) is 5.76 Å². The highest BCUT2D eigenvalue weighted by molar-refractivity contribution is 5.88. The van der Waals surface area contributed by atoms with Gasteiger partial charge in [-0.2, -0.15) is 0 Å². The van der Waals surface area contributed by atoms with Gasteiger partial charge in [0.25, 0.3) is 0 Å². The van der Waals surface area contributed by atoms with Gasteiger partial charge in [-0.25, -0.2) is 9.48 Å². The molecule has 0 N–H and O–H groups in total. The topological polar surface area (TPSA) is 83.0 Å². The van der Waals surface area contributed by atoms with Crippen molar-refractivity contribution >= 4 is 5.97 Å². The van der Waals surface area contributed by atoms with Crippen molar-refractivity contribution in [3.05, 3.63) is 28.4 Å². The zero-order chi connectivity index (χ0) is 15.6. The number of esters is 1. The summed E-state index contributed by atoms with van der Waals surface area (Å²) in [7, 11) is 0. The van der Waals surface area contributed by atoms with Crippen molar-refractivity contribution in [1.82, 2.24) is 20.2 Å². The summed E-state index contributed by atoms with van der Waals surface area (Å²) in [5, 5.41) is 11.8. The maximum Gasteiger partial charge on any atom is 0.360 e. The van der Waals surface area contributed by atoms with Gasteiger partial charge in [0.05, 0.1) is 24.5 Å². The number of aryl methyl sites for hydroxylation is 2.